The summed E-state index contributed by atoms with van der Waals surface area (Å²) in [7, 11) is 0. The van der Waals surface area contributed by atoms with Gasteiger partial charge in [0.2, 0.25) is 5.91 Å². The number of nitrogens with zero attached hydrogens (tertiary/aromatic N) is 2. The molecule has 1 aliphatic heterocycles. The van der Waals surface area contributed by atoms with Crippen LogP contribution >= 0.6 is 22.9 Å². The molecule has 1 N–H and O–H groups in total. The third-order valence-corrected chi connectivity index (χ3v) is 6.95. The Morgan fingerprint density at radius 2 is 2.12 bits per heavy atom. The van der Waals surface area contributed by atoms with Gasteiger partial charge >= 0.3 is 0 Å². The van der Waals surface area contributed by atoms with E-state index in [1.807, 2.05) is 35.8 Å². The van der Waals surface area contributed by atoms with Crippen LogP contribution in [0.15, 0.2) is 48.4 Å². The van der Waals surface area contributed by atoms with Crippen molar-refractivity contribution in [3.63, 3.8) is 0 Å². The van der Waals surface area contributed by atoms with Crippen LogP contribution in [0.3, 0.4) is 0 Å². The lowest BCUT2D eigenvalue weighted by Gasteiger charge is -2.38. The topological polar surface area (TPSA) is 62.2 Å². The lowest BCUT2D eigenvalue weighted by Crippen LogP contribution is -2.49. The van der Waals surface area contributed by atoms with Gasteiger partial charge in [0.25, 0.3) is 0 Å². The first-order chi connectivity index (χ1) is 15.9. The molecule has 2 aromatic rings. The van der Waals surface area contributed by atoms with E-state index in [2.05, 4.69) is 18.0 Å². The Morgan fingerprint density at radius 1 is 1.36 bits per heavy atom. The van der Waals surface area contributed by atoms with Crippen LogP contribution in [0.4, 0.5) is 0 Å². The van der Waals surface area contributed by atoms with E-state index in [0.717, 1.165) is 17.7 Å². The summed E-state index contributed by atoms with van der Waals surface area (Å²) in [6.45, 7) is 9.89. The van der Waals surface area contributed by atoms with E-state index in [9.17, 15) is 9.90 Å². The fourth-order valence-electron chi connectivity index (χ4n) is 3.91. The normalized spacial score (nSPS) is 16.7. The van der Waals surface area contributed by atoms with Gasteiger partial charge in [-0.3, -0.25) is 9.69 Å². The summed E-state index contributed by atoms with van der Waals surface area (Å²) in [6.07, 6.45) is 1.82. The molecule has 0 bridgehead atoms. The minimum Gasteiger partial charge on any atom is -0.491 e. The van der Waals surface area contributed by atoms with Crippen LogP contribution in [-0.2, 0) is 16.0 Å². The molecule has 2 atom stereocenters. The Hall–Kier alpha value is -1.90. The van der Waals surface area contributed by atoms with Crippen LogP contribution in [0.25, 0.3) is 0 Å². The molecule has 6 nitrogen and oxygen atoms in total. The highest BCUT2D eigenvalue weighted by atomic mass is 35.5. The summed E-state index contributed by atoms with van der Waals surface area (Å²) < 4.78 is 11.4. The number of carbonyl (C=O) groups is 1. The summed E-state index contributed by atoms with van der Waals surface area (Å²) in [4.78, 5) is 18.7. The Morgan fingerprint density at radius 3 is 2.82 bits per heavy atom. The number of aliphatic hydroxyl groups excluding tert-OH is 1. The number of halogens is 1. The lowest BCUT2D eigenvalue weighted by molar-refractivity contribution is -0.137. The summed E-state index contributed by atoms with van der Waals surface area (Å²) in [5, 5.41) is 13.1. The number of rotatable bonds is 12. The molecule has 0 radical (unpaired) electrons. The second-order valence-corrected chi connectivity index (χ2v) is 9.86. The number of hydrogen-bond donors (Lipinski definition) is 1. The van der Waals surface area contributed by atoms with Crippen molar-refractivity contribution >= 4 is 28.8 Å². The van der Waals surface area contributed by atoms with Crippen molar-refractivity contribution in [1.82, 2.24) is 9.80 Å². The van der Waals surface area contributed by atoms with Crippen molar-refractivity contribution in [2.75, 3.05) is 39.5 Å². The molecule has 0 unspecified atom stereocenters. The van der Waals surface area contributed by atoms with Crippen molar-refractivity contribution in [1.29, 1.82) is 0 Å². The molecule has 1 aromatic carbocycles. The number of ether oxygens (including phenoxy) is 2. The maximum Gasteiger partial charge on any atom is 0.237 e. The second kappa shape index (κ2) is 12.5. The monoisotopic (exact) mass is 492 g/mol. The number of amides is 1. The average molecular weight is 493 g/mol. The summed E-state index contributed by atoms with van der Waals surface area (Å²) in [5.41, 5.74) is 1.16. The molecule has 1 aliphatic rings. The highest BCUT2D eigenvalue weighted by Crippen LogP contribution is 2.34. The molecule has 180 valence electrons. The predicted molar refractivity (Wildman–Crippen MR) is 133 cm³/mol. The third-order valence-electron chi connectivity index (χ3n) is 5.70. The molecule has 1 aromatic heterocycles. The maximum atomic E-state index is 13.4. The van der Waals surface area contributed by atoms with Gasteiger partial charge in [-0.1, -0.05) is 17.7 Å². The quantitative estimate of drug-likeness (QED) is 0.356. The van der Waals surface area contributed by atoms with Gasteiger partial charge in [-0.05, 0) is 61.5 Å². The molecule has 0 spiro atoms. The van der Waals surface area contributed by atoms with Crippen LogP contribution in [0.2, 0.25) is 5.02 Å². The summed E-state index contributed by atoms with van der Waals surface area (Å²) in [6, 6.07) is 9.30. The molecule has 8 heteroatoms. The number of carbonyl (C=O) groups excluding carboxylic acids is 1. The zero-order valence-electron chi connectivity index (χ0n) is 19.3. The molecule has 3 rings (SSSR count). The Kier molecular flexibility index (Phi) is 9.77. The highest BCUT2D eigenvalue weighted by Gasteiger charge is 2.33. The lowest BCUT2D eigenvalue weighted by atomic mass is 10.00. The van der Waals surface area contributed by atoms with Gasteiger partial charge in [0.1, 0.15) is 12.4 Å². The molecule has 0 saturated heterocycles. The van der Waals surface area contributed by atoms with Gasteiger partial charge < -0.3 is 19.5 Å². The van der Waals surface area contributed by atoms with E-state index in [1.54, 1.807) is 29.5 Å². The van der Waals surface area contributed by atoms with Crippen LogP contribution in [0.5, 0.6) is 5.75 Å². The van der Waals surface area contributed by atoms with E-state index in [1.165, 1.54) is 4.88 Å². The van der Waals surface area contributed by atoms with Gasteiger partial charge in [0.05, 0.1) is 31.9 Å². The largest absolute Gasteiger partial charge is 0.491 e. The minimum absolute atomic E-state index is 0.0319. The maximum absolute atomic E-state index is 13.4. The summed E-state index contributed by atoms with van der Waals surface area (Å²) >= 11 is 7.71. The molecular formula is C25H33ClN2O4S. The first-order valence-corrected chi connectivity index (χ1v) is 12.5. The van der Waals surface area contributed by atoms with Gasteiger partial charge in [-0.25, -0.2) is 0 Å². The Balaban J connectivity index is 1.67. The molecule has 33 heavy (non-hydrogen) atoms. The van der Waals surface area contributed by atoms with Gasteiger partial charge in [0.15, 0.2) is 0 Å². The highest BCUT2D eigenvalue weighted by molar-refractivity contribution is 7.10. The standard InChI is InChI=1S/C25H33ClN2O4S/c1-4-12-31-16-20(29)14-27(18(2)3)15-25(30)28-11-9-24-22(10-13-33-24)23(28)17-32-21-7-5-19(26)6-8-21/h4-8,10,13,18,20,23,29H,1,9,11-12,14-17H2,2-3H3/t20-,23+/m1/s1. The van der Waals surface area contributed by atoms with E-state index in [-0.39, 0.29) is 31.1 Å². The predicted octanol–water partition coefficient (Wildman–Crippen LogP) is 4.18. The third kappa shape index (κ3) is 7.29. The van der Waals surface area contributed by atoms with Gasteiger partial charge in [0, 0.05) is 29.0 Å². The smallest absolute Gasteiger partial charge is 0.237 e. The molecule has 1 amide bonds. The zero-order chi connectivity index (χ0) is 23.8. The fourth-order valence-corrected chi connectivity index (χ4v) is 4.97. The van der Waals surface area contributed by atoms with Crippen molar-refractivity contribution in [2.45, 2.75) is 38.5 Å². The number of fused-ring (bicyclic) bond motifs is 1. The number of hydrogen-bond acceptors (Lipinski definition) is 6. The zero-order valence-corrected chi connectivity index (χ0v) is 20.9. The van der Waals surface area contributed by atoms with E-state index in [0.29, 0.717) is 31.3 Å². The summed E-state index contributed by atoms with van der Waals surface area (Å²) in [5.74, 6) is 0.755. The van der Waals surface area contributed by atoms with Crippen molar-refractivity contribution < 1.29 is 19.4 Å². The van der Waals surface area contributed by atoms with Crippen LogP contribution < -0.4 is 4.74 Å². The minimum atomic E-state index is -0.672. The van der Waals surface area contributed by atoms with Gasteiger partial charge in [-0.15, -0.1) is 17.9 Å². The van der Waals surface area contributed by atoms with Crippen molar-refractivity contribution in [2.24, 2.45) is 0 Å². The first kappa shape index (κ1) is 25.7. The van der Waals surface area contributed by atoms with Gasteiger partial charge in [-0.2, -0.15) is 0 Å². The Labute approximate surface area is 205 Å². The molecule has 0 fully saturated rings. The molecule has 2 heterocycles. The van der Waals surface area contributed by atoms with Crippen molar-refractivity contribution in [3.05, 3.63) is 63.8 Å². The van der Waals surface area contributed by atoms with Crippen LogP contribution in [0.1, 0.15) is 30.3 Å². The molecular weight excluding hydrogens is 460 g/mol. The SMILES string of the molecule is C=CCOC[C@H](O)CN(CC(=O)N1CCc2sccc2[C@@H]1COc1ccc(Cl)cc1)C(C)C. The first-order valence-electron chi connectivity index (χ1n) is 11.2. The van der Waals surface area contributed by atoms with E-state index >= 15 is 0 Å². The fraction of sp³-hybridized carbons (Fsp3) is 0.480. The Bertz CT molecular complexity index is 902. The van der Waals surface area contributed by atoms with Crippen molar-refractivity contribution in [3.8, 4) is 5.75 Å². The molecule has 0 aliphatic carbocycles. The van der Waals surface area contributed by atoms with Crippen LogP contribution in [-0.4, -0.2) is 72.4 Å². The van der Waals surface area contributed by atoms with E-state index in [4.69, 9.17) is 21.1 Å². The number of thiophene rings is 1. The number of aliphatic hydroxyl groups is 1. The number of benzene rings is 1. The molecule has 0 saturated carbocycles. The van der Waals surface area contributed by atoms with Crippen LogP contribution in [0, 0.1) is 0 Å². The second-order valence-electron chi connectivity index (χ2n) is 8.42. The average Bonchev–Trinajstić information content (AvgIpc) is 3.27. The van der Waals surface area contributed by atoms with E-state index < -0.39 is 6.10 Å².